The molecule has 1 N–H and O–H groups in total. The van der Waals surface area contributed by atoms with Crippen molar-refractivity contribution in [2.45, 2.75) is 122 Å². The quantitative estimate of drug-likeness (QED) is 0.0569. The third-order valence-corrected chi connectivity index (χ3v) is 15.1. The van der Waals surface area contributed by atoms with E-state index < -0.39 is 41.4 Å². The standard InChI is InChI=1S/C52H57ClF3N7O7/c1-4-43(65)61-28-40-52(69)60(39-25-57-48-34(49(39)62(40)26-29(61)3)24-36(53)45(47(48)56)46-37(55)12-11-13-41(46)70-44(66)5-2)19-10-8-6-7-9-18-59-20-16-30(17-21-59)32-22-31(54)23-33-35(32)27-63(51(33)68)38-14-15-42(64)58-50(38)67/h11-13,22-25,29-30,38,40H,4-10,14-21,26-28H2,1-3H3,(H,58,64,67)/t29-,38?,40-/m1/s1. The lowest BCUT2D eigenvalue weighted by molar-refractivity contribution is -0.137. The van der Waals surface area contributed by atoms with E-state index in [0.717, 1.165) is 75.4 Å². The average molecular weight is 985 g/mol. The van der Waals surface area contributed by atoms with Crippen LogP contribution in [0.4, 0.5) is 24.5 Å². The number of nitrogens with zero attached hydrogens (tertiary/aromatic N) is 6. The van der Waals surface area contributed by atoms with Gasteiger partial charge in [0.2, 0.25) is 17.7 Å². The number of aromatic nitrogens is 1. The molecule has 4 aromatic rings. The zero-order valence-corrected chi connectivity index (χ0v) is 40.4. The molecular formula is C52H57ClF3N7O7. The van der Waals surface area contributed by atoms with Crippen LogP contribution in [-0.4, -0.2) is 113 Å². The number of imide groups is 1. The molecule has 370 valence electrons. The van der Waals surface area contributed by atoms with Crippen molar-refractivity contribution in [3.63, 3.8) is 0 Å². The molecular weight excluding hydrogens is 927 g/mol. The zero-order chi connectivity index (χ0) is 49.5. The van der Waals surface area contributed by atoms with Gasteiger partial charge in [0.05, 0.1) is 34.7 Å². The van der Waals surface area contributed by atoms with Gasteiger partial charge in [0.15, 0.2) is 5.82 Å². The Morgan fingerprint density at radius 1 is 0.871 bits per heavy atom. The van der Waals surface area contributed by atoms with Crippen molar-refractivity contribution in [3.05, 3.63) is 81.8 Å². The first-order valence-corrected chi connectivity index (χ1v) is 24.9. The summed E-state index contributed by atoms with van der Waals surface area (Å²) in [5.41, 5.74) is 2.23. The van der Waals surface area contributed by atoms with Gasteiger partial charge in [-0.2, -0.15) is 0 Å². The number of fused-ring (bicyclic) bond motifs is 6. The van der Waals surface area contributed by atoms with Gasteiger partial charge >= 0.3 is 5.97 Å². The fourth-order valence-corrected chi connectivity index (χ4v) is 11.4. The maximum Gasteiger partial charge on any atom is 0.310 e. The van der Waals surface area contributed by atoms with Gasteiger partial charge in [0.1, 0.15) is 35.0 Å². The summed E-state index contributed by atoms with van der Waals surface area (Å²) in [6.07, 6.45) is 8.15. The molecule has 3 fully saturated rings. The molecule has 5 aliphatic rings. The Morgan fingerprint density at radius 3 is 2.34 bits per heavy atom. The predicted molar refractivity (Wildman–Crippen MR) is 257 cm³/mol. The number of nitrogens with one attached hydrogen (secondary N) is 1. The SMILES string of the molecule is CCC(=O)Oc1cccc(F)c1-c1c(Cl)cc2c3c(cnc2c1F)N(CCCCCCCN1CCC(c2cc(F)cc4c2CN(C2CCC(=O)NC2=O)C4=O)CC1)C(=O)[C@H]1CN(C(=O)CC)[C@H](C)CN31. The molecule has 0 aliphatic carbocycles. The highest BCUT2D eigenvalue weighted by atomic mass is 35.5. The smallest absolute Gasteiger partial charge is 0.310 e. The number of anilines is 2. The normalized spacial score (nSPS) is 20.8. The molecule has 3 saturated heterocycles. The van der Waals surface area contributed by atoms with Gasteiger partial charge in [-0.3, -0.25) is 39.1 Å². The van der Waals surface area contributed by atoms with Gasteiger partial charge in [-0.1, -0.05) is 50.8 Å². The minimum atomic E-state index is -0.908. The molecule has 5 aliphatic heterocycles. The first kappa shape index (κ1) is 48.9. The van der Waals surface area contributed by atoms with Gasteiger partial charge in [0, 0.05) is 61.5 Å². The molecule has 0 spiro atoms. The van der Waals surface area contributed by atoms with Crippen LogP contribution in [0.2, 0.25) is 5.02 Å². The van der Waals surface area contributed by atoms with Crippen molar-refractivity contribution in [2.75, 3.05) is 49.1 Å². The fraction of sp³-hybridized carbons (Fsp3) is 0.481. The number of hydrogen-bond acceptors (Lipinski definition) is 10. The molecule has 9 rings (SSSR count). The van der Waals surface area contributed by atoms with E-state index in [1.807, 2.05) is 11.8 Å². The molecule has 0 saturated carbocycles. The lowest BCUT2D eigenvalue weighted by Gasteiger charge is -2.50. The molecule has 1 aromatic heterocycles. The molecule has 3 aromatic carbocycles. The van der Waals surface area contributed by atoms with E-state index in [9.17, 15) is 33.2 Å². The van der Waals surface area contributed by atoms with Crippen LogP contribution >= 0.6 is 11.6 Å². The molecule has 0 radical (unpaired) electrons. The van der Waals surface area contributed by atoms with Crippen LogP contribution in [-0.2, 0) is 30.5 Å². The Kier molecular flexibility index (Phi) is 14.2. The van der Waals surface area contributed by atoms with Crippen LogP contribution in [0.1, 0.15) is 119 Å². The van der Waals surface area contributed by atoms with Crippen molar-refractivity contribution < 1.29 is 46.7 Å². The van der Waals surface area contributed by atoms with E-state index in [-0.39, 0.29) is 102 Å². The predicted octanol–water partition coefficient (Wildman–Crippen LogP) is 8.04. The van der Waals surface area contributed by atoms with Crippen molar-refractivity contribution in [3.8, 4) is 16.9 Å². The van der Waals surface area contributed by atoms with Crippen molar-refractivity contribution in [1.82, 2.24) is 25.0 Å². The van der Waals surface area contributed by atoms with E-state index >= 15 is 8.78 Å². The second-order valence-corrected chi connectivity index (χ2v) is 19.5. The lowest BCUT2D eigenvalue weighted by atomic mass is 9.85. The Hall–Kier alpha value is -6.07. The van der Waals surface area contributed by atoms with Crippen molar-refractivity contribution >= 4 is 69.4 Å². The van der Waals surface area contributed by atoms with E-state index in [2.05, 4.69) is 15.2 Å². The monoisotopic (exact) mass is 983 g/mol. The number of carbonyl (C=O) groups is 6. The van der Waals surface area contributed by atoms with Crippen LogP contribution in [0.5, 0.6) is 5.75 Å². The van der Waals surface area contributed by atoms with Crippen LogP contribution in [0.25, 0.3) is 22.0 Å². The van der Waals surface area contributed by atoms with Crippen LogP contribution in [0, 0.1) is 17.5 Å². The second-order valence-electron chi connectivity index (χ2n) is 19.1. The average Bonchev–Trinajstić information content (AvgIpc) is 3.66. The number of amides is 5. The van der Waals surface area contributed by atoms with Crippen LogP contribution in [0.15, 0.2) is 42.6 Å². The Labute approximate surface area is 409 Å². The number of piperidine rings is 2. The summed E-state index contributed by atoms with van der Waals surface area (Å²) < 4.78 is 52.8. The summed E-state index contributed by atoms with van der Waals surface area (Å²) in [5.74, 6) is -4.44. The number of pyridine rings is 1. The van der Waals surface area contributed by atoms with Crippen LogP contribution in [0.3, 0.4) is 0 Å². The third-order valence-electron chi connectivity index (χ3n) is 14.8. The Balaban J connectivity index is 0.846. The number of likely N-dealkylation sites (tertiary alicyclic amines) is 1. The van der Waals surface area contributed by atoms with Gasteiger partial charge in [-0.05, 0) is 106 Å². The number of rotatable bonds is 14. The van der Waals surface area contributed by atoms with Gasteiger partial charge in [-0.15, -0.1) is 0 Å². The molecule has 6 heterocycles. The van der Waals surface area contributed by atoms with Crippen molar-refractivity contribution in [2.24, 2.45) is 0 Å². The Bertz CT molecular complexity index is 2790. The lowest BCUT2D eigenvalue weighted by Crippen LogP contribution is -2.66. The van der Waals surface area contributed by atoms with E-state index in [1.165, 1.54) is 41.4 Å². The van der Waals surface area contributed by atoms with Gasteiger partial charge in [0.25, 0.3) is 11.8 Å². The largest absolute Gasteiger partial charge is 0.426 e. The second kappa shape index (κ2) is 20.3. The maximum atomic E-state index is 16.9. The van der Waals surface area contributed by atoms with E-state index in [1.54, 1.807) is 23.6 Å². The first-order valence-electron chi connectivity index (χ1n) is 24.6. The number of halogens is 4. The van der Waals surface area contributed by atoms with Gasteiger partial charge in [-0.25, -0.2) is 13.2 Å². The summed E-state index contributed by atoms with van der Waals surface area (Å²) in [4.78, 5) is 91.4. The third kappa shape index (κ3) is 9.22. The number of hydrogen-bond donors (Lipinski definition) is 1. The summed E-state index contributed by atoms with van der Waals surface area (Å²) in [5, 5.41) is 2.51. The number of piperazine rings is 1. The van der Waals surface area contributed by atoms with Crippen molar-refractivity contribution in [1.29, 1.82) is 0 Å². The zero-order valence-electron chi connectivity index (χ0n) is 39.6. The number of benzene rings is 3. The molecule has 3 atom stereocenters. The minimum absolute atomic E-state index is 0.0121. The highest BCUT2D eigenvalue weighted by molar-refractivity contribution is 6.35. The number of esters is 1. The number of ether oxygens (including phenoxy) is 1. The summed E-state index contributed by atoms with van der Waals surface area (Å²) in [6.45, 7) is 8.87. The molecule has 1 unspecified atom stereocenters. The number of unbranched alkanes of at least 4 members (excludes halogenated alkanes) is 4. The van der Waals surface area contributed by atoms with E-state index in [4.69, 9.17) is 16.3 Å². The minimum Gasteiger partial charge on any atom is -0.426 e. The Morgan fingerprint density at radius 2 is 1.61 bits per heavy atom. The fourth-order valence-electron chi connectivity index (χ4n) is 11.1. The maximum absolute atomic E-state index is 16.9. The van der Waals surface area contributed by atoms with Gasteiger partial charge < -0.3 is 29.2 Å². The highest BCUT2D eigenvalue weighted by Gasteiger charge is 2.46. The topological polar surface area (TPSA) is 153 Å². The van der Waals surface area contributed by atoms with E-state index in [0.29, 0.717) is 41.8 Å². The number of carbonyl (C=O) groups excluding carboxylic acids is 6. The molecule has 14 nitrogen and oxygen atoms in total. The molecule has 0 bridgehead atoms. The summed E-state index contributed by atoms with van der Waals surface area (Å²) >= 11 is 6.87. The first-order chi connectivity index (χ1) is 33.7. The summed E-state index contributed by atoms with van der Waals surface area (Å²) in [6, 6.07) is 6.41. The molecule has 70 heavy (non-hydrogen) atoms. The van der Waals surface area contributed by atoms with Crippen LogP contribution < -0.4 is 19.9 Å². The molecule has 5 amide bonds. The summed E-state index contributed by atoms with van der Waals surface area (Å²) in [7, 11) is 0. The highest BCUT2D eigenvalue weighted by Crippen LogP contribution is 2.48. The molecule has 18 heteroatoms.